The fraction of sp³-hybridized carbons (Fsp3) is 0.357. The van der Waals surface area contributed by atoms with Gasteiger partial charge in [-0.3, -0.25) is 0 Å². The Labute approximate surface area is 103 Å². The third-order valence-corrected chi connectivity index (χ3v) is 3.08. The number of hydrogen-bond donors (Lipinski definition) is 1. The van der Waals surface area contributed by atoms with Crippen LogP contribution in [0.2, 0.25) is 0 Å². The zero-order chi connectivity index (χ0) is 12.4. The van der Waals surface area contributed by atoms with Crippen molar-refractivity contribution in [3.63, 3.8) is 0 Å². The van der Waals surface area contributed by atoms with Crippen molar-refractivity contribution < 1.29 is 0 Å². The Balaban J connectivity index is 2.37. The average Bonchev–Trinajstić information content (AvgIpc) is 2.71. The van der Waals surface area contributed by atoms with Crippen molar-refractivity contribution in [3.05, 3.63) is 41.9 Å². The lowest BCUT2D eigenvalue weighted by Gasteiger charge is -2.08. The maximum Gasteiger partial charge on any atom is 0.126 e. The summed E-state index contributed by atoms with van der Waals surface area (Å²) >= 11 is 0. The average molecular weight is 229 g/mol. The molecule has 1 atom stereocenters. The highest BCUT2D eigenvalue weighted by molar-refractivity contribution is 5.59. The lowest BCUT2D eigenvalue weighted by molar-refractivity contribution is 0.585. The number of nitrogens with one attached hydrogen (secondary N) is 1. The summed E-state index contributed by atoms with van der Waals surface area (Å²) in [5.74, 6) is 1.06. The molecule has 1 N–H and O–H groups in total. The van der Waals surface area contributed by atoms with E-state index in [0.717, 1.165) is 11.5 Å². The van der Waals surface area contributed by atoms with Crippen LogP contribution in [0.15, 0.2) is 30.5 Å². The molecular weight excluding hydrogens is 210 g/mol. The number of benzene rings is 1. The zero-order valence-corrected chi connectivity index (χ0v) is 10.9. The topological polar surface area (TPSA) is 29.9 Å². The Hall–Kier alpha value is -1.61. The predicted molar refractivity (Wildman–Crippen MR) is 70.9 cm³/mol. The minimum Gasteiger partial charge on any atom is -0.336 e. The van der Waals surface area contributed by atoms with Gasteiger partial charge in [0.25, 0.3) is 0 Å². The highest BCUT2D eigenvalue weighted by Gasteiger charge is 2.11. The molecule has 0 bridgehead atoms. The first-order valence-electron chi connectivity index (χ1n) is 5.89. The lowest BCUT2D eigenvalue weighted by atomic mass is 10.1. The van der Waals surface area contributed by atoms with Gasteiger partial charge in [-0.05, 0) is 20.9 Å². The van der Waals surface area contributed by atoms with Gasteiger partial charge in [0.15, 0.2) is 0 Å². The molecule has 90 valence electrons. The maximum atomic E-state index is 4.68. The van der Waals surface area contributed by atoms with Crippen LogP contribution in [-0.4, -0.2) is 16.6 Å². The lowest BCUT2D eigenvalue weighted by Crippen LogP contribution is -2.16. The molecule has 3 heteroatoms. The Kier molecular flexibility index (Phi) is 3.29. The second kappa shape index (κ2) is 4.72. The minimum atomic E-state index is 0.263. The highest BCUT2D eigenvalue weighted by Crippen LogP contribution is 2.21. The van der Waals surface area contributed by atoms with E-state index in [1.807, 2.05) is 14.1 Å². The molecule has 1 heterocycles. The first kappa shape index (κ1) is 11.9. The Morgan fingerprint density at radius 2 is 1.88 bits per heavy atom. The molecule has 0 aliphatic heterocycles. The van der Waals surface area contributed by atoms with Gasteiger partial charge >= 0.3 is 0 Å². The van der Waals surface area contributed by atoms with Gasteiger partial charge in [-0.25, -0.2) is 4.98 Å². The van der Waals surface area contributed by atoms with Crippen molar-refractivity contribution in [2.24, 2.45) is 7.05 Å². The normalized spacial score (nSPS) is 12.7. The van der Waals surface area contributed by atoms with Gasteiger partial charge in [-0.2, -0.15) is 0 Å². The zero-order valence-electron chi connectivity index (χ0n) is 10.9. The number of hydrogen-bond acceptors (Lipinski definition) is 2. The summed E-state index contributed by atoms with van der Waals surface area (Å²) in [6.45, 7) is 4.21. The molecule has 1 aromatic carbocycles. The van der Waals surface area contributed by atoms with Gasteiger partial charge in [-0.15, -0.1) is 0 Å². The SMILES string of the molecule is CN[C@H](C)c1nc(-c2ccc(C)cc2)cn1C. The molecule has 0 saturated heterocycles. The summed E-state index contributed by atoms with van der Waals surface area (Å²) in [4.78, 5) is 4.68. The van der Waals surface area contributed by atoms with Crippen LogP contribution in [0, 0.1) is 6.92 Å². The number of nitrogens with zero attached hydrogens (tertiary/aromatic N) is 2. The quantitative estimate of drug-likeness (QED) is 0.877. The molecular formula is C14H19N3. The Bertz CT molecular complexity index is 497. The summed E-state index contributed by atoms with van der Waals surface area (Å²) in [6, 6.07) is 8.73. The molecule has 0 radical (unpaired) electrons. The second-order valence-corrected chi connectivity index (χ2v) is 4.47. The van der Waals surface area contributed by atoms with Crippen LogP contribution in [0.4, 0.5) is 0 Å². The van der Waals surface area contributed by atoms with Crippen LogP contribution in [0.3, 0.4) is 0 Å². The van der Waals surface area contributed by atoms with Gasteiger partial charge in [0.2, 0.25) is 0 Å². The van der Waals surface area contributed by atoms with Crippen LogP contribution in [0.25, 0.3) is 11.3 Å². The molecule has 0 aliphatic rings. The van der Waals surface area contributed by atoms with E-state index in [-0.39, 0.29) is 6.04 Å². The van der Waals surface area contributed by atoms with Gasteiger partial charge in [-0.1, -0.05) is 29.8 Å². The first-order valence-corrected chi connectivity index (χ1v) is 5.89. The third-order valence-electron chi connectivity index (χ3n) is 3.08. The third kappa shape index (κ3) is 2.39. The summed E-state index contributed by atoms with van der Waals surface area (Å²) in [7, 11) is 3.98. The van der Waals surface area contributed by atoms with Gasteiger partial charge in [0.1, 0.15) is 5.82 Å². The molecule has 2 aromatic rings. The van der Waals surface area contributed by atoms with Crippen molar-refractivity contribution in [1.82, 2.24) is 14.9 Å². The van der Waals surface area contributed by atoms with Gasteiger partial charge in [0, 0.05) is 18.8 Å². The number of rotatable bonds is 3. The van der Waals surface area contributed by atoms with Gasteiger partial charge in [0.05, 0.1) is 11.7 Å². The van der Waals surface area contributed by atoms with E-state index in [1.54, 1.807) is 0 Å². The molecule has 1 aromatic heterocycles. The van der Waals surface area contributed by atoms with E-state index >= 15 is 0 Å². The van der Waals surface area contributed by atoms with Crippen LogP contribution in [-0.2, 0) is 7.05 Å². The van der Waals surface area contributed by atoms with Crippen LogP contribution in [0.1, 0.15) is 24.4 Å². The molecule has 0 spiro atoms. The van der Waals surface area contributed by atoms with E-state index in [1.165, 1.54) is 11.1 Å². The van der Waals surface area contributed by atoms with Crippen LogP contribution in [0.5, 0.6) is 0 Å². The molecule has 0 unspecified atom stereocenters. The van der Waals surface area contributed by atoms with E-state index in [4.69, 9.17) is 0 Å². The van der Waals surface area contributed by atoms with Crippen molar-refractivity contribution >= 4 is 0 Å². The smallest absolute Gasteiger partial charge is 0.126 e. The fourth-order valence-corrected chi connectivity index (χ4v) is 1.88. The monoisotopic (exact) mass is 229 g/mol. The van der Waals surface area contributed by atoms with E-state index < -0.39 is 0 Å². The minimum absolute atomic E-state index is 0.263. The fourth-order valence-electron chi connectivity index (χ4n) is 1.88. The van der Waals surface area contributed by atoms with E-state index in [9.17, 15) is 0 Å². The highest BCUT2D eigenvalue weighted by atomic mass is 15.1. The summed E-state index contributed by atoms with van der Waals surface area (Å²) in [5.41, 5.74) is 3.47. The van der Waals surface area contributed by atoms with Crippen molar-refractivity contribution in [3.8, 4) is 11.3 Å². The molecule has 3 nitrogen and oxygen atoms in total. The molecule has 0 aliphatic carbocycles. The van der Waals surface area contributed by atoms with E-state index in [0.29, 0.717) is 0 Å². The number of aryl methyl sites for hydroxylation is 2. The number of aromatic nitrogens is 2. The molecule has 0 fully saturated rings. The summed E-state index contributed by atoms with van der Waals surface area (Å²) in [6.07, 6.45) is 2.08. The van der Waals surface area contributed by atoms with Crippen molar-refractivity contribution in [2.45, 2.75) is 19.9 Å². The molecule has 0 amide bonds. The summed E-state index contributed by atoms with van der Waals surface area (Å²) < 4.78 is 2.08. The maximum absolute atomic E-state index is 4.68. The molecule has 2 rings (SSSR count). The largest absolute Gasteiger partial charge is 0.336 e. The Morgan fingerprint density at radius 3 is 2.47 bits per heavy atom. The van der Waals surface area contributed by atoms with Crippen molar-refractivity contribution in [1.29, 1.82) is 0 Å². The number of imidazole rings is 1. The molecule has 17 heavy (non-hydrogen) atoms. The summed E-state index contributed by atoms with van der Waals surface area (Å²) in [5, 5.41) is 3.21. The van der Waals surface area contributed by atoms with Gasteiger partial charge < -0.3 is 9.88 Å². The standard InChI is InChI=1S/C14H19N3/c1-10-5-7-12(8-6-10)13-9-17(4)14(16-13)11(2)15-3/h5-9,11,15H,1-4H3/t11-/m1/s1. The van der Waals surface area contributed by atoms with E-state index in [2.05, 4.69) is 59.2 Å². The van der Waals surface area contributed by atoms with Crippen molar-refractivity contribution in [2.75, 3.05) is 7.05 Å². The van der Waals surface area contributed by atoms with Crippen LogP contribution >= 0.6 is 0 Å². The molecule has 0 saturated carbocycles. The first-order chi connectivity index (χ1) is 8.11. The van der Waals surface area contributed by atoms with Crippen LogP contribution < -0.4 is 5.32 Å². The second-order valence-electron chi connectivity index (χ2n) is 4.47. The predicted octanol–water partition coefficient (Wildman–Crippen LogP) is 2.68. The Morgan fingerprint density at radius 1 is 1.24 bits per heavy atom.